The number of rotatable bonds is 4. The van der Waals surface area contributed by atoms with Crippen LogP contribution in [0, 0.1) is 13.8 Å². The van der Waals surface area contributed by atoms with Crippen molar-refractivity contribution < 1.29 is 5.11 Å². The van der Waals surface area contributed by atoms with Crippen molar-refractivity contribution in [3.8, 4) is 0 Å². The molecule has 0 radical (unpaired) electrons. The van der Waals surface area contributed by atoms with Crippen LogP contribution in [0.15, 0.2) is 36.4 Å². The van der Waals surface area contributed by atoms with Crippen molar-refractivity contribution in [1.29, 1.82) is 0 Å². The quantitative estimate of drug-likeness (QED) is 0.863. The van der Waals surface area contributed by atoms with Crippen LogP contribution < -0.4 is 0 Å². The summed E-state index contributed by atoms with van der Waals surface area (Å²) in [6, 6.07) is 11.7. The van der Waals surface area contributed by atoms with E-state index in [1.807, 2.05) is 18.2 Å². The first kappa shape index (κ1) is 15.4. The van der Waals surface area contributed by atoms with E-state index >= 15 is 0 Å². The summed E-state index contributed by atoms with van der Waals surface area (Å²) in [6.45, 7) is 4.16. The average molecular weight is 309 g/mol. The molecule has 0 aromatic heterocycles. The molecule has 1 atom stereocenters. The monoisotopic (exact) mass is 308 g/mol. The SMILES string of the molecule is Cc1cccc(C)c1CC(O)Cc1ccc(Cl)c(Cl)c1. The molecule has 0 amide bonds. The van der Waals surface area contributed by atoms with Crippen LogP contribution in [0.25, 0.3) is 0 Å². The fourth-order valence-corrected chi connectivity index (χ4v) is 2.74. The van der Waals surface area contributed by atoms with E-state index in [1.165, 1.54) is 16.7 Å². The van der Waals surface area contributed by atoms with E-state index in [1.54, 1.807) is 6.07 Å². The number of aliphatic hydroxyl groups excluding tert-OH is 1. The van der Waals surface area contributed by atoms with Gasteiger partial charge in [0.05, 0.1) is 16.1 Å². The highest BCUT2D eigenvalue weighted by Crippen LogP contribution is 2.24. The zero-order chi connectivity index (χ0) is 14.7. The van der Waals surface area contributed by atoms with Crippen molar-refractivity contribution in [2.45, 2.75) is 32.8 Å². The predicted molar refractivity (Wildman–Crippen MR) is 85.8 cm³/mol. The molecule has 2 aromatic carbocycles. The summed E-state index contributed by atoms with van der Waals surface area (Å²) in [7, 11) is 0. The van der Waals surface area contributed by atoms with Gasteiger partial charge in [-0.1, -0.05) is 47.5 Å². The first-order chi connectivity index (χ1) is 9.47. The number of hydrogen-bond acceptors (Lipinski definition) is 1. The molecule has 0 heterocycles. The van der Waals surface area contributed by atoms with E-state index in [9.17, 15) is 5.11 Å². The molecule has 20 heavy (non-hydrogen) atoms. The van der Waals surface area contributed by atoms with Crippen molar-refractivity contribution in [1.82, 2.24) is 0 Å². The normalized spacial score (nSPS) is 12.4. The highest BCUT2D eigenvalue weighted by atomic mass is 35.5. The van der Waals surface area contributed by atoms with E-state index in [-0.39, 0.29) is 0 Å². The molecule has 2 aromatic rings. The fourth-order valence-electron chi connectivity index (χ4n) is 2.42. The van der Waals surface area contributed by atoms with Crippen molar-refractivity contribution in [2.24, 2.45) is 0 Å². The van der Waals surface area contributed by atoms with Crippen LogP contribution >= 0.6 is 23.2 Å². The average Bonchev–Trinajstić information content (AvgIpc) is 2.38. The summed E-state index contributed by atoms with van der Waals surface area (Å²) in [5, 5.41) is 11.4. The van der Waals surface area contributed by atoms with Crippen molar-refractivity contribution in [3.63, 3.8) is 0 Å². The van der Waals surface area contributed by atoms with Gasteiger partial charge in [0.15, 0.2) is 0 Å². The minimum Gasteiger partial charge on any atom is -0.392 e. The van der Waals surface area contributed by atoms with Gasteiger partial charge in [0.25, 0.3) is 0 Å². The van der Waals surface area contributed by atoms with Crippen LogP contribution in [0.1, 0.15) is 22.3 Å². The van der Waals surface area contributed by atoms with Crippen molar-refractivity contribution in [3.05, 3.63) is 68.7 Å². The second kappa shape index (κ2) is 6.62. The summed E-state index contributed by atoms with van der Waals surface area (Å²) in [6.07, 6.45) is 0.802. The Balaban J connectivity index is 2.09. The van der Waals surface area contributed by atoms with E-state index < -0.39 is 6.10 Å². The van der Waals surface area contributed by atoms with Gasteiger partial charge in [-0.05, 0) is 61.1 Å². The van der Waals surface area contributed by atoms with E-state index in [0.29, 0.717) is 22.9 Å². The zero-order valence-corrected chi connectivity index (χ0v) is 13.2. The highest BCUT2D eigenvalue weighted by molar-refractivity contribution is 6.42. The molecule has 3 heteroatoms. The lowest BCUT2D eigenvalue weighted by Gasteiger charge is -2.15. The van der Waals surface area contributed by atoms with Crippen molar-refractivity contribution in [2.75, 3.05) is 0 Å². The summed E-state index contributed by atoms with van der Waals surface area (Å²) in [4.78, 5) is 0. The molecule has 1 unspecified atom stereocenters. The summed E-state index contributed by atoms with van der Waals surface area (Å²) in [5.41, 5.74) is 4.66. The van der Waals surface area contributed by atoms with Crippen molar-refractivity contribution >= 4 is 23.2 Å². The fraction of sp³-hybridized carbons (Fsp3) is 0.294. The standard InChI is InChI=1S/C17H18Cl2O/c1-11-4-3-5-12(2)15(11)10-14(20)8-13-6-7-16(18)17(19)9-13/h3-7,9,14,20H,8,10H2,1-2H3. The highest BCUT2D eigenvalue weighted by Gasteiger charge is 2.11. The molecule has 0 saturated carbocycles. The lowest BCUT2D eigenvalue weighted by molar-refractivity contribution is 0.175. The van der Waals surface area contributed by atoms with E-state index in [4.69, 9.17) is 23.2 Å². The molecular weight excluding hydrogens is 291 g/mol. The third-order valence-electron chi connectivity index (χ3n) is 3.54. The Hall–Kier alpha value is -1.02. The van der Waals surface area contributed by atoms with Gasteiger partial charge in [0.1, 0.15) is 0 Å². The van der Waals surface area contributed by atoms with E-state index in [0.717, 1.165) is 5.56 Å². The minimum atomic E-state index is -0.424. The summed E-state index contributed by atoms with van der Waals surface area (Å²) < 4.78 is 0. The van der Waals surface area contributed by atoms with Gasteiger partial charge in [-0.3, -0.25) is 0 Å². The molecule has 0 aliphatic carbocycles. The third-order valence-corrected chi connectivity index (χ3v) is 4.28. The molecule has 106 valence electrons. The Labute approximate surface area is 130 Å². The maximum atomic E-state index is 10.3. The molecule has 0 bridgehead atoms. The summed E-state index contributed by atoms with van der Waals surface area (Å²) in [5.74, 6) is 0. The number of benzene rings is 2. The second-order valence-corrected chi connectivity index (χ2v) is 6.00. The number of aryl methyl sites for hydroxylation is 2. The molecule has 2 rings (SSSR count). The minimum absolute atomic E-state index is 0.424. The van der Waals surface area contributed by atoms with Gasteiger partial charge >= 0.3 is 0 Å². The van der Waals surface area contributed by atoms with Crippen LogP contribution in [-0.2, 0) is 12.8 Å². The van der Waals surface area contributed by atoms with Crippen LogP contribution in [-0.4, -0.2) is 11.2 Å². The van der Waals surface area contributed by atoms with Crippen LogP contribution in [0.3, 0.4) is 0 Å². The maximum absolute atomic E-state index is 10.3. The summed E-state index contributed by atoms with van der Waals surface area (Å²) >= 11 is 11.9. The number of hydrogen-bond donors (Lipinski definition) is 1. The molecule has 0 fully saturated rings. The van der Waals surface area contributed by atoms with E-state index in [2.05, 4.69) is 26.0 Å². The molecule has 0 spiro atoms. The molecular formula is C17H18Cl2O. The lowest BCUT2D eigenvalue weighted by atomic mass is 9.95. The molecule has 0 aliphatic heterocycles. The number of halogens is 2. The van der Waals surface area contributed by atoms with Gasteiger partial charge in [-0.25, -0.2) is 0 Å². The van der Waals surface area contributed by atoms with Gasteiger partial charge < -0.3 is 5.11 Å². The Morgan fingerprint density at radius 3 is 2.20 bits per heavy atom. The smallest absolute Gasteiger partial charge is 0.0621 e. The topological polar surface area (TPSA) is 20.2 Å². The number of aliphatic hydroxyl groups is 1. The molecule has 0 aliphatic rings. The van der Waals surface area contributed by atoms with Gasteiger partial charge in [0, 0.05) is 0 Å². The largest absolute Gasteiger partial charge is 0.392 e. The maximum Gasteiger partial charge on any atom is 0.0621 e. The first-order valence-corrected chi connectivity index (χ1v) is 7.40. The van der Waals surface area contributed by atoms with Crippen LogP contribution in [0.5, 0.6) is 0 Å². The third kappa shape index (κ3) is 3.76. The molecule has 0 saturated heterocycles. The predicted octanol–water partition coefficient (Wildman–Crippen LogP) is 4.76. The Kier molecular flexibility index (Phi) is 5.09. The Morgan fingerprint density at radius 2 is 1.60 bits per heavy atom. The zero-order valence-electron chi connectivity index (χ0n) is 11.7. The molecule has 1 nitrogen and oxygen atoms in total. The van der Waals surface area contributed by atoms with Gasteiger partial charge in [-0.2, -0.15) is 0 Å². The Bertz CT molecular complexity index is 588. The second-order valence-electron chi connectivity index (χ2n) is 5.18. The molecule has 1 N–H and O–H groups in total. The van der Waals surface area contributed by atoms with Gasteiger partial charge in [0.2, 0.25) is 0 Å². The Morgan fingerprint density at radius 1 is 0.950 bits per heavy atom. The van der Waals surface area contributed by atoms with Crippen LogP contribution in [0.4, 0.5) is 0 Å². The van der Waals surface area contributed by atoms with Gasteiger partial charge in [-0.15, -0.1) is 0 Å². The van der Waals surface area contributed by atoms with Crippen LogP contribution in [0.2, 0.25) is 10.0 Å². The lowest BCUT2D eigenvalue weighted by Crippen LogP contribution is -2.15. The first-order valence-electron chi connectivity index (χ1n) is 6.64.